The molecular weight excluding hydrogens is 220 g/mol. The van der Waals surface area contributed by atoms with Crippen LogP contribution < -0.4 is 5.32 Å². The Hall–Kier alpha value is -2.11. The molecule has 0 bridgehead atoms. The molecule has 0 aromatic carbocycles. The first-order chi connectivity index (χ1) is 8.15. The largest absolute Gasteiger partial charge is 0.472 e. The number of hydrogen-bond donors (Lipinski definition) is 1. The molecule has 0 radical (unpaired) electrons. The molecule has 17 heavy (non-hydrogen) atoms. The van der Waals surface area contributed by atoms with E-state index in [0.717, 1.165) is 12.0 Å². The minimum Gasteiger partial charge on any atom is -0.472 e. The van der Waals surface area contributed by atoms with Gasteiger partial charge in [0.2, 0.25) is 0 Å². The first-order valence-electron chi connectivity index (χ1n) is 5.33. The van der Waals surface area contributed by atoms with Gasteiger partial charge in [0, 0.05) is 13.1 Å². The Morgan fingerprint density at radius 1 is 1.65 bits per heavy atom. The normalized spacial score (nSPS) is 12.4. The molecule has 90 valence electrons. The summed E-state index contributed by atoms with van der Waals surface area (Å²) in [4.78, 5) is 11.7. The van der Waals surface area contributed by atoms with Crippen LogP contribution in [0.4, 0.5) is 0 Å². The van der Waals surface area contributed by atoms with Gasteiger partial charge in [-0.3, -0.25) is 9.48 Å². The van der Waals surface area contributed by atoms with Gasteiger partial charge in [-0.05, 0) is 25.0 Å². The zero-order valence-electron chi connectivity index (χ0n) is 9.75. The molecule has 0 aliphatic rings. The lowest BCUT2D eigenvalue weighted by atomic mass is 10.1. The highest BCUT2D eigenvalue weighted by Crippen LogP contribution is 2.04. The van der Waals surface area contributed by atoms with Gasteiger partial charge < -0.3 is 9.73 Å². The van der Waals surface area contributed by atoms with Crippen LogP contribution in [0.25, 0.3) is 0 Å². The van der Waals surface area contributed by atoms with Crippen LogP contribution in [0.3, 0.4) is 0 Å². The van der Waals surface area contributed by atoms with Gasteiger partial charge in [0.25, 0.3) is 5.91 Å². The molecule has 0 saturated heterocycles. The molecule has 1 amide bonds. The maximum Gasteiger partial charge on any atom is 0.273 e. The van der Waals surface area contributed by atoms with E-state index < -0.39 is 0 Å². The average molecular weight is 234 g/mol. The molecule has 2 rings (SSSR count). The molecule has 0 fully saturated rings. The third-order valence-corrected chi connectivity index (χ3v) is 2.33. The minimum absolute atomic E-state index is 0.0158. The van der Waals surface area contributed by atoms with Crippen molar-refractivity contribution in [2.24, 2.45) is 7.05 Å². The smallest absolute Gasteiger partial charge is 0.273 e. The molecule has 1 unspecified atom stereocenters. The van der Waals surface area contributed by atoms with E-state index in [1.807, 2.05) is 13.0 Å². The van der Waals surface area contributed by atoms with Crippen molar-refractivity contribution in [1.82, 2.24) is 20.3 Å². The molecule has 2 aromatic rings. The van der Waals surface area contributed by atoms with Crippen LogP contribution in [0.2, 0.25) is 0 Å². The van der Waals surface area contributed by atoms with E-state index >= 15 is 0 Å². The summed E-state index contributed by atoms with van der Waals surface area (Å²) in [5.41, 5.74) is 1.38. The van der Waals surface area contributed by atoms with Crippen LogP contribution >= 0.6 is 0 Å². The molecule has 0 aliphatic heterocycles. The van der Waals surface area contributed by atoms with Crippen LogP contribution in [0.1, 0.15) is 23.0 Å². The summed E-state index contributed by atoms with van der Waals surface area (Å²) in [5, 5.41) is 10.3. The van der Waals surface area contributed by atoms with E-state index in [0.29, 0.717) is 5.69 Å². The molecule has 6 nitrogen and oxygen atoms in total. The second kappa shape index (κ2) is 4.82. The zero-order chi connectivity index (χ0) is 12.3. The molecular formula is C11H14N4O2. The Morgan fingerprint density at radius 3 is 3.06 bits per heavy atom. The van der Waals surface area contributed by atoms with Crippen LogP contribution in [-0.4, -0.2) is 26.9 Å². The fraction of sp³-hybridized carbons (Fsp3) is 0.364. The maximum absolute atomic E-state index is 11.7. The van der Waals surface area contributed by atoms with E-state index in [4.69, 9.17) is 4.42 Å². The first kappa shape index (κ1) is 11.4. The van der Waals surface area contributed by atoms with Crippen molar-refractivity contribution in [2.75, 3.05) is 0 Å². The number of aromatic nitrogens is 3. The molecule has 2 heterocycles. The van der Waals surface area contributed by atoms with Crippen molar-refractivity contribution in [3.8, 4) is 0 Å². The molecule has 1 N–H and O–H groups in total. The van der Waals surface area contributed by atoms with Gasteiger partial charge in [-0.25, -0.2) is 0 Å². The number of carbonyl (C=O) groups is 1. The molecule has 6 heteroatoms. The standard InChI is InChI=1S/C11H14N4O2/c1-8(5-9-3-4-17-7-9)12-11(16)10-6-15(2)14-13-10/h3-4,6-8H,5H2,1-2H3,(H,12,16). The van der Waals surface area contributed by atoms with E-state index in [2.05, 4.69) is 15.6 Å². The lowest BCUT2D eigenvalue weighted by Crippen LogP contribution is -2.34. The van der Waals surface area contributed by atoms with E-state index in [1.165, 1.54) is 4.68 Å². The van der Waals surface area contributed by atoms with Crippen molar-refractivity contribution in [3.63, 3.8) is 0 Å². The average Bonchev–Trinajstić information content (AvgIpc) is 2.89. The number of furan rings is 1. The fourth-order valence-electron chi connectivity index (χ4n) is 1.56. The van der Waals surface area contributed by atoms with Crippen molar-refractivity contribution < 1.29 is 9.21 Å². The fourth-order valence-corrected chi connectivity index (χ4v) is 1.56. The van der Waals surface area contributed by atoms with Gasteiger partial charge in [-0.15, -0.1) is 5.10 Å². The number of hydrogen-bond acceptors (Lipinski definition) is 4. The Balaban J connectivity index is 1.90. The molecule has 0 saturated carbocycles. The summed E-state index contributed by atoms with van der Waals surface area (Å²) in [6, 6.07) is 1.90. The van der Waals surface area contributed by atoms with Crippen molar-refractivity contribution >= 4 is 5.91 Å². The maximum atomic E-state index is 11.7. The van der Waals surface area contributed by atoms with Gasteiger partial charge in [0.1, 0.15) is 0 Å². The summed E-state index contributed by atoms with van der Waals surface area (Å²) >= 11 is 0. The topological polar surface area (TPSA) is 73.0 Å². The summed E-state index contributed by atoms with van der Waals surface area (Å²) in [6.45, 7) is 1.93. The number of amides is 1. The summed E-state index contributed by atoms with van der Waals surface area (Å²) in [7, 11) is 1.72. The van der Waals surface area contributed by atoms with Gasteiger partial charge in [-0.1, -0.05) is 5.21 Å². The quantitative estimate of drug-likeness (QED) is 0.848. The molecule has 1 atom stereocenters. The lowest BCUT2D eigenvalue weighted by molar-refractivity contribution is 0.0935. The Bertz CT molecular complexity index is 489. The number of rotatable bonds is 4. The van der Waals surface area contributed by atoms with Crippen LogP contribution in [-0.2, 0) is 13.5 Å². The zero-order valence-corrected chi connectivity index (χ0v) is 9.75. The van der Waals surface area contributed by atoms with Gasteiger partial charge >= 0.3 is 0 Å². The second-order valence-corrected chi connectivity index (χ2v) is 3.99. The third kappa shape index (κ3) is 2.93. The van der Waals surface area contributed by atoms with Crippen LogP contribution in [0.5, 0.6) is 0 Å². The number of nitrogens with zero attached hydrogens (tertiary/aromatic N) is 3. The number of aryl methyl sites for hydroxylation is 1. The van der Waals surface area contributed by atoms with E-state index in [9.17, 15) is 4.79 Å². The summed E-state index contributed by atoms with van der Waals surface area (Å²) in [5.74, 6) is -0.214. The second-order valence-electron chi connectivity index (χ2n) is 3.99. The highest BCUT2D eigenvalue weighted by Gasteiger charge is 2.13. The Kier molecular flexibility index (Phi) is 3.22. The summed E-state index contributed by atoms with van der Waals surface area (Å²) in [6.07, 6.45) is 5.60. The minimum atomic E-state index is -0.214. The van der Waals surface area contributed by atoms with E-state index in [-0.39, 0.29) is 11.9 Å². The van der Waals surface area contributed by atoms with Crippen molar-refractivity contribution in [1.29, 1.82) is 0 Å². The third-order valence-electron chi connectivity index (χ3n) is 2.33. The number of nitrogens with one attached hydrogen (secondary N) is 1. The predicted molar refractivity (Wildman–Crippen MR) is 60.3 cm³/mol. The molecule has 0 spiro atoms. The highest BCUT2D eigenvalue weighted by molar-refractivity contribution is 5.92. The predicted octanol–water partition coefficient (Wildman–Crippen LogP) is 0.769. The van der Waals surface area contributed by atoms with Crippen LogP contribution in [0.15, 0.2) is 29.2 Å². The van der Waals surface area contributed by atoms with Gasteiger partial charge in [0.15, 0.2) is 5.69 Å². The van der Waals surface area contributed by atoms with Gasteiger partial charge in [0.05, 0.1) is 18.7 Å². The SMILES string of the molecule is CC(Cc1ccoc1)NC(=O)c1cn(C)nn1. The summed E-state index contributed by atoms with van der Waals surface area (Å²) < 4.78 is 6.47. The number of carbonyl (C=O) groups excluding carboxylic acids is 1. The van der Waals surface area contributed by atoms with E-state index in [1.54, 1.807) is 25.8 Å². The van der Waals surface area contributed by atoms with Crippen molar-refractivity contribution in [2.45, 2.75) is 19.4 Å². The first-order valence-corrected chi connectivity index (χ1v) is 5.33. The highest BCUT2D eigenvalue weighted by atomic mass is 16.3. The Labute approximate surface area is 98.6 Å². The van der Waals surface area contributed by atoms with Gasteiger partial charge in [-0.2, -0.15) is 0 Å². The Morgan fingerprint density at radius 2 is 2.47 bits per heavy atom. The van der Waals surface area contributed by atoms with Crippen LogP contribution in [0, 0.1) is 0 Å². The lowest BCUT2D eigenvalue weighted by Gasteiger charge is -2.11. The molecule has 2 aromatic heterocycles. The monoisotopic (exact) mass is 234 g/mol. The van der Waals surface area contributed by atoms with Crippen molar-refractivity contribution in [3.05, 3.63) is 36.0 Å². The molecule has 0 aliphatic carbocycles.